The molecular weight excluding hydrogens is 140 g/mol. The molecule has 0 aliphatic carbocycles. The van der Waals surface area contributed by atoms with Crippen LogP contribution in [-0.2, 0) is 4.74 Å². The fraction of sp³-hybridized carbons (Fsp3) is 1.00. The van der Waals surface area contributed by atoms with E-state index in [-0.39, 0.29) is 12.2 Å². The highest BCUT2D eigenvalue weighted by atomic mass is 16.5. The smallest absolute Gasteiger partial charge is 0.0805 e. The number of unbranched alkanes of at least 4 members (excludes halogenated alkanes) is 1. The topological polar surface area (TPSA) is 29.5 Å². The molecule has 68 valence electrons. The van der Waals surface area contributed by atoms with Crippen LogP contribution in [0.25, 0.3) is 0 Å². The van der Waals surface area contributed by atoms with Crippen molar-refractivity contribution in [2.24, 2.45) is 0 Å². The van der Waals surface area contributed by atoms with E-state index < -0.39 is 0 Å². The summed E-state index contributed by atoms with van der Waals surface area (Å²) in [6.07, 6.45) is 2.70. The Morgan fingerprint density at radius 3 is 2.45 bits per heavy atom. The number of hydrogen-bond acceptors (Lipinski definition) is 2. The maximum atomic E-state index is 9.30. The summed E-state index contributed by atoms with van der Waals surface area (Å²) in [6, 6.07) is 0. The van der Waals surface area contributed by atoms with Crippen LogP contribution in [0.2, 0.25) is 0 Å². The molecule has 1 N–H and O–H groups in total. The van der Waals surface area contributed by atoms with E-state index in [1.807, 2.05) is 13.8 Å². The van der Waals surface area contributed by atoms with E-state index >= 15 is 0 Å². The summed E-state index contributed by atoms with van der Waals surface area (Å²) >= 11 is 0. The molecule has 0 amide bonds. The summed E-state index contributed by atoms with van der Waals surface area (Å²) in [5.74, 6) is 0. The molecule has 0 fully saturated rings. The van der Waals surface area contributed by atoms with Gasteiger partial charge in [-0.3, -0.25) is 0 Å². The van der Waals surface area contributed by atoms with Crippen LogP contribution >= 0.6 is 0 Å². The molecule has 2 nitrogen and oxygen atoms in total. The largest absolute Gasteiger partial charge is 0.390 e. The molecule has 11 heavy (non-hydrogen) atoms. The maximum absolute atomic E-state index is 9.30. The van der Waals surface area contributed by atoms with Crippen LogP contribution in [0.3, 0.4) is 0 Å². The minimum absolute atomic E-state index is 0.00782. The number of ether oxygens (including phenoxy) is 1. The molecule has 0 radical (unpaired) electrons. The van der Waals surface area contributed by atoms with Crippen molar-refractivity contribution in [2.45, 2.75) is 52.2 Å². The first-order chi connectivity index (χ1) is 5.22. The molecule has 2 atom stereocenters. The molecule has 0 bridgehead atoms. The molecule has 0 aromatic carbocycles. The summed E-state index contributed by atoms with van der Waals surface area (Å²) in [5.41, 5.74) is 0. The van der Waals surface area contributed by atoms with Gasteiger partial charge < -0.3 is 9.84 Å². The Kier molecular flexibility index (Phi) is 6.57. The van der Waals surface area contributed by atoms with Crippen molar-refractivity contribution in [3.05, 3.63) is 0 Å². The van der Waals surface area contributed by atoms with Crippen LogP contribution in [0.5, 0.6) is 0 Å². The monoisotopic (exact) mass is 160 g/mol. The molecule has 0 heterocycles. The molecule has 0 aromatic rings. The SMILES string of the molecule is CCCCOC(C)C(O)CC. The number of rotatable bonds is 6. The van der Waals surface area contributed by atoms with E-state index in [2.05, 4.69) is 6.92 Å². The van der Waals surface area contributed by atoms with Crippen molar-refractivity contribution in [2.75, 3.05) is 6.61 Å². The second-order valence-corrected chi connectivity index (χ2v) is 2.91. The summed E-state index contributed by atoms with van der Waals surface area (Å²) < 4.78 is 5.39. The first-order valence-electron chi connectivity index (χ1n) is 4.52. The number of aliphatic hydroxyl groups is 1. The molecule has 0 saturated carbocycles. The molecule has 2 unspecified atom stereocenters. The third-order valence-electron chi connectivity index (χ3n) is 1.84. The second-order valence-electron chi connectivity index (χ2n) is 2.91. The van der Waals surface area contributed by atoms with Crippen molar-refractivity contribution in [3.8, 4) is 0 Å². The highest BCUT2D eigenvalue weighted by Crippen LogP contribution is 2.03. The Hall–Kier alpha value is -0.0800. The average Bonchev–Trinajstić information content (AvgIpc) is 2.03. The number of hydrogen-bond donors (Lipinski definition) is 1. The molecule has 0 rings (SSSR count). The maximum Gasteiger partial charge on any atom is 0.0805 e. The van der Waals surface area contributed by atoms with Crippen LogP contribution in [0.1, 0.15) is 40.0 Å². The van der Waals surface area contributed by atoms with Gasteiger partial charge in [-0.25, -0.2) is 0 Å². The van der Waals surface area contributed by atoms with Crippen molar-refractivity contribution in [1.82, 2.24) is 0 Å². The molecule has 0 aliphatic heterocycles. The molecule has 2 heteroatoms. The fourth-order valence-corrected chi connectivity index (χ4v) is 0.857. The van der Waals surface area contributed by atoms with Gasteiger partial charge in [0.05, 0.1) is 12.2 Å². The average molecular weight is 160 g/mol. The van der Waals surface area contributed by atoms with Crippen LogP contribution in [0.4, 0.5) is 0 Å². The third-order valence-corrected chi connectivity index (χ3v) is 1.84. The lowest BCUT2D eigenvalue weighted by atomic mass is 10.2. The minimum Gasteiger partial charge on any atom is -0.390 e. The Balaban J connectivity index is 3.28. The van der Waals surface area contributed by atoms with Crippen molar-refractivity contribution in [3.63, 3.8) is 0 Å². The van der Waals surface area contributed by atoms with Crippen LogP contribution in [0.15, 0.2) is 0 Å². The first-order valence-corrected chi connectivity index (χ1v) is 4.52. The lowest BCUT2D eigenvalue weighted by Gasteiger charge is -2.17. The quantitative estimate of drug-likeness (QED) is 0.602. The highest BCUT2D eigenvalue weighted by Gasteiger charge is 2.10. The lowest BCUT2D eigenvalue weighted by molar-refractivity contribution is -0.0285. The van der Waals surface area contributed by atoms with Gasteiger partial charge in [-0.15, -0.1) is 0 Å². The normalized spacial score (nSPS) is 16.4. The van der Waals surface area contributed by atoms with Gasteiger partial charge in [-0.05, 0) is 19.8 Å². The van der Waals surface area contributed by atoms with Crippen molar-refractivity contribution >= 4 is 0 Å². The summed E-state index contributed by atoms with van der Waals surface area (Å²) in [6.45, 7) is 6.78. The van der Waals surface area contributed by atoms with Crippen molar-refractivity contribution < 1.29 is 9.84 Å². The summed E-state index contributed by atoms with van der Waals surface area (Å²) in [4.78, 5) is 0. The van der Waals surface area contributed by atoms with E-state index in [4.69, 9.17) is 4.74 Å². The molecule has 0 aliphatic rings. The zero-order valence-corrected chi connectivity index (χ0v) is 7.84. The molecule has 0 aromatic heterocycles. The summed E-state index contributed by atoms with van der Waals surface area (Å²) in [7, 11) is 0. The predicted molar refractivity (Wildman–Crippen MR) is 46.6 cm³/mol. The second kappa shape index (κ2) is 6.62. The van der Waals surface area contributed by atoms with Gasteiger partial charge in [-0.2, -0.15) is 0 Å². The Morgan fingerprint density at radius 2 is 2.00 bits per heavy atom. The zero-order valence-electron chi connectivity index (χ0n) is 7.84. The Morgan fingerprint density at radius 1 is 1.36 bits per heavy atom. The lowest BCUT2D eigenvalue weighted by Crippen LogP contribution is -2.25. The van der Waals surface area contributed by atoms with Gasteiger partial charge in [-0.1, -0.05) is 20.3 Å². The Bertz CT molecular complexity index is 83.6. The van der Waals surface area contributed by atoms with Gasteiger partial charge in [0, 0.05) is 6.61 Å². The van der Waals surface area contributed by atoms with E-state index in [1.54, 1.807) is 0 Å². The van der Waals surface area contributed by atoms with E-state index in [0.29, 0.717) is 0 Å². The zero-order chi connectivity index (χ0) is 8.69. The van der Waals surface area contributed by atoms with Gasteiger partial charge in [0.25, 0.3) is 0 Å². The van der Waals surface area contributed by atoms with Gasteiger partial charge in [0.1, 0.15) is 0 Å². The van der Waals surface area contributed by atoms with Crippen LogP contribution in [-0.4, -0.2) is 23.9 Å². The van der Waals surface area contributed by atoms with Crippen LogP contribution < -0.4 is 0 Å². The third kappa shape index (κ3) is 5.22. The fourth-order valence-electron chi connectivity index (χ4n) is 0.857. The molecule has 0 spiro atoms. The molecule has 0 saturated heterocycles. The highest BCUT2D eigenvalue weighted by molar-refractivity contribution is 4.60. The number of aliphatic hydroxyl groups excluding tert-OH is 1. The van der Waals surface area contributed by atoms with E-state index in [1.165, 1.54) is 0 Å². The van der Waals surface area contributed by atoms with Crippen LogP contribution in [0, 0.1) is 0 Å². The Labute approximate surface area is 69.6 Å². The van der Waals surface area contributed by atoms with Gasteiger partial charge in [0.2, 0.25) is 0 Å². The first kappa shape index (κ1) is 10.9. The minimum atomic E-state index is -0.299. The molecular formula is C9H20O2. The van der Waals surface area contributed by atoms with E-state index in [9.17, 15) is 5.11 Å². The van der Waals surface area contributed by atoms with E-state index in [0.717, 1.165) is 25.9 Å². The van der Waals surface area contributed by atoms with Gasteiger partial charge >= 0.3 is 0 Å². The predicted octanol–water partition coefficient (Wildman–Crippen LogP) is 1.96. The van der Waals surface area contributed by atoms with Crippen molar-refractivity contribution in [1.29, 1.82) is 0 Å². The standard InChI is InChI=1S/C9H20O2/c1-4-6-7-11-8(3)9(10)5-2/h8-10H,4-7H2,1-3H3. The summed E-state index contributed by atoms with van der Waals surface area (Å²) in [5, 5.41) is 9.30. The van der Waals surface area contributed by atoms with Gasteiger partial charge in [0.15, 0.2) is 0 Å².